The highest BCUT2D eigenvalue weighted by molar-refractivity contribution is 5.81. The van der Waals surface area contributed by atoms with E-state index in [1.807, 2.05) is 6.08 Å². The molecule has 0 bridgehead atoms. The van der Waals surface area contributed by atoms with Gasteiger partial charge in [-0.2, -0.15) is 0 Å². The van der Waals surface area contributed by atoms with Crippen molar-refractivity contribution < 1.29 is 82.3 Å². The summed E-state index contributed by atoms with van der Waals surface area (Å²) in [4.78, 5) is 66.4. The van der Waals surface area contributed by atoms with Gasteiger partial charge in [-0.05, 0) is 141 Å². The van der Waals surface area contributed by atoms with Gasteiger partial charge in [0.25, 0.3) is 0 Å². The Morgan fingerprint density at radius 3 is 1.85 bits per heavy atom. The van der Waals surface area contributed by atoms with Gasteiger partial charge in [-0.1, -0.05) is 0 Å². The van der Waals surface area contributed by atoms with E-state index in [0.717, 1.165) is 4.90 Å². The molecule has 0 aromatic heterocycles. The van der Waals surface area contributed by atoms with E-state index in [2.05, 4.69) is 26.6 Å². The van der Waals surface area contributed by atoms with Crippen LogP contribution >= 0.6 is 0 Å². The number of carbonyl (C=O) groups excluding carboxylic acids is 5. The molecular formula is C48H85N7O17. The van der Waals surface area contributed by atoms with Crippen LogP contribution in [0.5, 0.6) is 0 Å². The third-order valence-electron chi connectivity index (χ3n) is 11.9. The first kappa shape index (κ1) is 60.3. The van der Waals surface area contributed by atoms with Gasteiger partial charge in [-0.15, -0.1) is 0 Å². The van der Waals surface area contributed by atoms with E-state index in [-0.39, 0.29) is 37.9 Å². The number of amides is 5. The second-order valence-corrected chi connectivity index (χ2v) is 23.4. The van der Waals surface area contributed by atoms with Crippen molar-refractivity contribution in [1.82, 2.24) is 31.5 Å². The van der Waals surface area contributed by atoms with Crippen molar-refractivity contribution in [3.8, 4) is 0 Å². The van der Waals surface area contributed by atoms with Crippen molar-refractivity contribution in [3.05, 3.63) is 11.8 Å². The molecule has 3 fully saturated rings. The molecular weight excluding hydrogens is 947 g/mol. The summed E-state index contributed by atoms with van der Waals surface area (Å²) >= 11 is 0. The van der Waals surface area contributed by atoms with Gasteiger partial charge in [0.05, 0.1) is 37.3 Å². The first-order valence-electron chi connectivity index (χ1n) is 24.7. The van der Waals surface area contributed by atoms with Gasteiger partial charge in [0.1, 0.15) is 64.3 Å². The second-order valence-electron chi connectivity index (χ2n) is 23.4. The van der Waals surface area contributed by atoms with Crippen molar-refractivity contribution in [3.63, 3.8) is 0 Å². The van der Waals surface area contributed by atoms with Crippen molar-refractivity contribution in [2.75, 3.05) is 33.3 Å². The average molecular weight is 1030 g/mol. The molecule has 5 amide bonds. The van der Waals surface area contributed by atoms with E-state index in [1.54, 1.807) is 83.1 Å². The number of hydrogen-bond acceptors (Lipinski definition) is 19. The molecule has 2 saturated carbocycles. The smallest absolute Gasteiger partial charge is 0.410 e. The van der Waals surface area contributed by atoms with Gasteiger partial charge in [0.15, 0.2) is 6.29 Å². The fourth-order valence-corrected chi connectivity index (χ4v) is 8.70. The lowest BCUT2D eigenvalue weighted by Crippen LogP contribution is -2.71. The third kappa shape index (κ3) is 18.6. The number of aliphatic hydroxyl groups excluding tert-OH is 3. The van der Waals surface area contributed by atoms with Crippen LogP contribution in [0.15, 0.2) is 11.8 Å². The molecule has 12 atom stereocenters. The van der Waals surface area contributed by atoms with E-state index >= 15 is 0 Å². The molecule has 1 saturated heterocycles. The van der Waals surface area contributed by atoms with Crippen molar-refractivity contribution in [2.24, 2.45) is 11.7 Å². The molecule has 0 radical (unpaired) electrons. The topological polar surface area (TPSA) is 330 Å². The molecule has 2 heterocycles. The van der Waals surface area contributed by atoms with Crippen LogP contribution in [0.25, 0.3) is 0 Å². The summed E-state index contributed by atoms with van der Waals surface area (Å²) in [5.41, 5.74) is 0.846. The van der Waals surface area contributed by atoms with Gasteiger partial charge in [-0.25, -0.2) is 19.2 Å². The molecule has 24 heteroatoms. The predicted octanol–water partition coefficient (Wildman–Crippen LogP) is 1.73. The number of likely N-dealkylation sites (N-methyl/N-ethyl adjacent to an activating group) is 1. The lowest BCUT2D eigenvalue weighted by Gasteiger charge is -2.50. The first-order valence-corrected chi connectivity index (χ1v) is 24.7. The third-order valence-corrected chi connectivity index (χ3v) is 11.9. The van der Waals surface area contributed by atoms with Crippen LogP contribution in [0.3, 0.4) is 0 Å². The number of ether oxygens (including phenoxy) is 8. The summed E-state index contributed by atoms with van der Waals surface area (Å²) in [5.74, 6) is -0.391. The zero-order valence-electron chi connectivity index (χ0n) is 44.6. The minimum absolute atomic E-state index is 0.00901. The number of nitrogens with one attached hydrogen (secondary N) is 5. The van der Waals surface area contributed by atoms with Crippen LogP contribution in [-0.2, 0) is 42.7 Å². The van der Waals surface area contributed by atoms with Crippen molar-refractivity contribution in [2.45, 2.75) is 223 Å². The zero-order valence-corrected chi connectivity index (χ0v) is 44.6. The molecule has 0 unspecified atom stereocenters. The Morgan fingerprint density at radius 1 is 0.764 bits per heavy atom. The Morgan fingerprint density at radius 2 is 1.29 bits per heavy atom. The maximum Gasteiger partial charge on any atom is 0.410 e. The van der Waals surface area contributed by atoms with Crippen LogP contribution < -0.4 is 32.3 Å². The maximum atomic E-state index is 13.8. The Balaban J connectivity index is 1.66. The summed E-state index contributed by atoms with van der Waals surface area (Å²) in [6.45, 7) is 21.6. The highest BCUT2D eigenvalue weighted by Gasteiger charge is 2.55. The summed E-state index contributed by atoms with van der Waals surface area (Å²) in [6, 6.07) is -4.46. The number of hydrogen-bond donors (Lipinski definition) is 10. The van der Waals surface area contributed by atoms with Gasteiger partial charge in [0.2, 0.25) is 12.2 Å². The maximum absolute atomic E-state index is 13.8. The number of rotatable bonds is 16. The van der Waals surface area contributed by atoms with Gasteiger partial charge < -0.3 is 95.5 Å². The predicted molar refractivity (Wildman–Crippen MR) is 259 cm³/mol. The molecule has 414 valence electrons. The van der Waals surface area contributed by atoms with E-state index in [4.69, 9.17) is 43.6 Å². The minimum atomic E-state index is -1.85. The monoisotopic (exact) mass is 1030 g/mol. The number of nitrogens with zero attached hydrogens (tertiary/aromatic N) is 1. The van der Waals surface area contributed by atoms with Gasteiger partial charge in [0, 0.05) is 19.6 Å². The molecule has 0 aromatic rings. The normalized spacial score (nSPS) is 31.5. The molecule has 2 aliphatic heterocycles. The van der Waals surface area contributed by atoms with Crippen LogP contribution in [0, 0.1) is 5.92 Å². The van der Waals surface area contributed by atoms with Crippen molar-refractivity contribution >= 4 is 30.3 Å². The minimum Gasteiger partial charge on any atom is -0.467 e. The largest absolute Gasteiger partial charge is 0.467 e. The highest BCUT2D eigenvalue weighted by Crippen LogP contribution is 2.35. The average Bonchev–Trinajstić information content (AvgIpc) is 3.19. The zero-order chi connectivity index (χ0) is 54.3. The van der Waals surface area contributed by atoms with Crippen LogP contribution in [0.4, 0.5) is 19.2 Å². The molecule has 4 aliphatic rings. The van der Waals surface area contributed by atoms with E-state index in [9.17, 15) is 44.4 Å². The number of aliphatic hydroxyl groups is 4. The Labute approximate surface area is 423 Å². The highest BCUT2D eigenvalue weighted by atomic mass is 16.7. The summed E-state index contributed by atoms with van der Waals surface area (Å²) in [5, 5.41) is 61.4. The lowest BCUT2D eigenvalue weighted by molar-refractivity contribution is -0.311. The van der Waals surface area contributed by atoms with E-state index in [0.29, 0.717) is 31.6 Å². The lowest BCUT2D eigenvalue weighted by atomic mass is 9.80. The quantitative estimate of drug-likeness (QED) is 0.0984. The summed E-state index contributed by atoms with van der Waals surface area (Å²) in [7, 11) is 1.33. The van der Waals surface area contributed by atoms with E-state index in [1.165, 1.54) is 14.0 Å². The summed E-state index contributed by atoms with van der Waals surface area (Å²) in [6.07, 6.45) is -11.1. The summed E-state index contributed by atoms with van der Waals surface area (Å²) < 4.78 is 47.0. The fourth-order valence-electron chi connectivity index (χ4n) is 8.70. The van der Waals surface area contributed by atoms with E-state index < -0.39 is 132 Å². The van der Waals surface area contributed by atoms with Gasteiger partial charge in [-0.3, -0.25) is 4.79 Å². The molecule has 11 N–H and O–H groups in total. The molecule has 24 nitrogen and oxygen atoms in total. The molecule has 0 aromatic carbocycles. The standard InChI is InChI=1S/C48H85N7O17/c1-44(2,3)69-40(60)50-18-17-31(56)37(59)53-29-21-30(54-42(62)71-46(7,8)9)35(32(57)34(29)68-39-33(58)36(48(13,64)24-65-39)55(14)43(63)72-47(10,11)12)67-38-28(16-15-27(22-49)66-38)51-23-25-19-26(20-25)52-41(61)70-45(4,5)6/h15,25-26,28-36,38-39,51,56-58,64H,16-24,49H2,1-14H3,(H,50,60)(H,52,61)(H,53,59)(H,54,62)/t25?,26?,28-,29-,30+,31+,32-,33-,34+,35-,36-,38-,39-,48+/m1/s1. The Bertz CT molecular complexity index is 1870. The van der Waals surface area contributed by atoms with Crippen LogP contribution in [0.2, 0.25) is 0 Å². The number of carbonyl (C=O) groups is 5. The van der Waals surface area contributed by atoms with Crippen LogP contribution in [-0.4, -0.2) is 190 Å². The van der Waals surface area contributed by atoms with Crippen LogP contribution in [0.1, 0.15) is 122 Å². The van der Waals surface area contributed by atoms with Gasteiger partial charge >= 0.3 is 24.4 Å². The molecule has 72 heavy (non-hydrogen) atoms. The molecule has 2 aliphatic carbocycles. The SMILES string of the molecule is CN(C(=O)OC(C)(C)C)[C@@H]1[C@@H](O)[C@@H](O[C@@H]2[C@@H](O)[C@H](O[C@H]3OC(CN)=CC[C@H]3NCC3CC(NC(=O)OC(C)(C)C)C3)[C@@H](NC(=O)OC(C)(C)C)C[C@H]2NC(=O)[C@@H](O)CCNC(=O)OC(C)(C)C)OC[C@]1(C)O. The number of alkyl carbamates (subject to hydrolysis) is 3. The first-order chi connectivity index (χ1) is 33.0. The molecule has 4 rings (SSSR count). The Kier molecular flexibility index (Phi) is 20.4. The second kappa shape index (κ2) is 24.4. The Hall–Kier alpha value is -4.27. The van der Waals surface area contributed by atoms with Crippen molar-refractivity contribution in [1.29, 1.82) is 0 Å². The molecule has 0 spiro atoms. The fraction of sp³-hybridized carbons (Fsp3) is 0.854. The number of nitrogens with two attached hydrogens (primary N) is 1.